The Bertz CT molecular complexity index is 509. The largest absolute Gasteiger partial charge is 0.394 e. The van der Waals surface area contributed by atoms with Crippen molar-refractivity contribution in [3.05, 3.63) is 17.7 Å². The first-order valence-electron chi connectivity index (χ1n) is 5.65. The molecule has 0 spiro atoms. The lowest BCUT2D eigenvalue weighted by Crippen LogP contribution is -2.33. The van der Waals surface area contributed by atoms with E-state index in [0.717, 1.165) is 10.9 Å². The van der Waals surface area contributed by atoms with Gasteiger partial charge in [0.1, 0.15) is 24.0 Å². The van der Waals surface area contributed by atoms with Gasteiger partial charge in [-0.05, 0) is 0 Å². The zero-order valence-electron chi connectivity index (χ0n) is 10.1. The summed E-state index contributed by atoms with van der Waals surface area (Å²) < 4.78 is 31.9. The lowest BCUT2D eigenvalue weighted by atomic mass is 10.1. The van der Waals surface area contributed by atoms with E-state index in [2.05, 4.69) is 4.98 Å². The van der Waals surface area contributed by atoms with E-state index in [-0.39, 0.29) is 0 Å². The average Bonchev–Trinajstić information content (AvgIpc) is 2.93. The highest BCUT2D eigenvalue weighted by Gasteiger charge is 2.45. The van der Waals surface area contributed by atoms with Crippen molar-refractivity contribution in [1.82, 2.24) is 9.55 Å². The standard InChI is InChI=1S/C10H13F2N3O5/c11-8(12)5-4(9(13)19)14-2-15(5)10-7(18)6(17)3(1-16)20-10/h2-3,6-8,10,16-18H,1H2,(H2,13,19)/t3-,6-,7-,10-/m1/s1. The lowest BCUT2D eigenvalue weighted by molar-refractivity contribution is -0.0570. The maximum Gasteiger partial charge on any atom is 0.280 e. The molecule has 4 atom stereocenters. The third kappa shape index (κ3) is 2.26. The second-order valence-electron chi connectivity index (χ2n) is 4.28. The first kappa shape index (κ1) is 14.8. The van der Waals surface area contributed by atoms with Crippen LogP contribution < -0.4 is 5.73 Å². The first-order chi connectivity index (χ1) is 9.38. The SMILES string of the molecule is NC(=O)c1ncn([C@@H]2O[C@H](CO)[C@@H](O)[C@H]2O)c1C(F)F. The fourth-order valence-electron chi connectivity index (χ4n) is 2.09. The molecule has 1 saturated heterocycles. The average molecular weight is 293 g/mol. The van der Waals surface area contributed by atoms with Gasteiger partial charge in [-0.2, -0.15) is 0 Å². The van der Waals surface area contributed by atoms with Crippen LogP contribution in [-0.4, -0.2) is 55.7 Å². The van der Waals surface area contributed by atoms with Gasteiger partial charge in [0.25, 0.3) is 12.3 Å². The van der Waals surface area contributed by atoms with Crippen molar-refractivity contribution in [2.75, 3.05) is 6.61 Å². The summed E-state index contributed by atoms with van der Waals surface area (Å²) in [7, 11) is 0. The van der Waals surface area contributed by atoms with Crippen molar-refractivity contribution >= 4 is 5.91 Å². The maximum absolute atomic E-state index is 13.0. The molecule has 1 aromatic heterocycles. The highest BCUT2D eigenvalue weighted by Crippen LogP contribution is 2.33. The van der Waals surface area contributed by atoms with Gasteiger partial charge in [0.2, 0.25) is 0 Å². The van der Waals surface area contributed by atoms with E-state index in [1.807, 2.05) is 0 Å². The molecule has 1 aromatic rings. The zero-order valence-corrected chi connectivity index (χ0v) is 10.1. The Labute approximate surface area is 111 Å². The molecule has 2 rings (SSSR count). The monoisotopic (exact) mass is 293 g/mol. The predicted molar refractivity (Wildman–Crippen MR) is 58.7 cm³/mol. The normalized spacial score (nSPS) is 30.1. The summed E-state index contributed by atoms with van der Waals surface area (Å²) >= 11 is 0. The number of primary amides is 1. The minimum atomic E-state index is -3.08. The number of imidazole rings is 1. The van der Waals surface area contributed by atoms with E-state index in [1.54, 1.807) is 0 Å². The number of carbonyl (C=O) groups is 1. The van der Waals surface area contributed by atoms with Gasteiger partial charge < -0.3 is 25.8 Å². The minimum Gasteiger partial charge on any atom is -0.394 e. The Hall–Kier alpha value is -1.62. The molecule has 1 amide bonds. The summed E-state index contributed by atoms with van der Waals surface area (Å²) in [5.74, 6) is -1.15. The number of aliphatic hydroxyl groups excluding tert-OH is 3. The Morgan fingerprint density at radius 1 is 1.50 bits per heavy atom. The molecule has 0 aliphatic carbocycles. The van der Waals surface area contributed by atoms with Crippen LogP contribution in [0.1, 0.15) is 28.8 Å². The summed E-state index contributed by atoms with van der Waals surface area (Å²) in [5.41, 5.74) is 3.49. The maximum atomic E-state index is 13.0. The van der Waals surface area contributed by atoms with Gasteiger partial charge in [0.05, 0.1) is 12.9 Å². The van der Waals surface area contributed by atoms with Crippen LogP contribution in [0.4, 0.5) is 8.78 Å². The van der Waals surface area contributed by atoms with Crippen LogP contribution in [0.15, 0.2) is 6.33 Å². The molecular weight excluding hydrogens is 280 g/mol. The highest BCUT2D eigenvalue weighted by atomic mass is 19.3. The number of hydrogen-bond acceptors (Lipinski definition) is 6. The topological polar surface area (TPSA) is 131 Å². The van der Waals surface area contributed by atoms with E-state index < -0.39 is 54.9 Å². The molecule has 0 radical (unpaired) electrons. The molecule has 20 heavy (non-hydrogen) atoms. The number of hydrogen-bond donors (Lipinski definition) is 4. The van der Waals surface area contributed by atoms with Gasteiger partial charge in [-0.25, -0.2) is 13.8 Å². The molecule has 0 saturated carbocycles. The summed E-state index contributed by atoms with van der Waals surface area (Å²) in [6.07, 6.45) is -7.75. The van der Waals surface area contributed by atoms with E-state index in [4.69, 9.17) is 15.6 Å². The fourth-order valence-corrected chi connectivity index (χ4v) is 2.09. The van der Waals surface area contributed by atoms with Gasteiger partial charge in [-0.3, -0.25) is 9.36 Å². The van der Waals surface area contributed by atoms with Crippen molar-refractivity contribution in [2.45, 2.75) is 31.0 Å². The van der Waals surface area contributed by atoms with E-state index in [0.29, 0.717) is 0 Å². The Morgan fingerprint density at radius 3 is 2.60 bits per heavy atom. The first-order valence-corrected chi connectivity index (χ1v) is 5.65. The Morgan fingerprint density at radius 2 is 2.15 bits per heavy atom. The van der Waals surface area contributed by atoms with Crippen LogP contribution >= 0.6 is 0 Å². The Balaban J connectivity index is 2.41. The summed E-state index contributed by atoms with van der Waals surface area (Å²) in [6.45, 7) is -0.601. The molecule has 112 valence electrons. The van der Waals surface area contributed by atoms with Crippen LogP contribution in [0.3, 0.4) is 0 Å². The van der Waals surface area contributed by atoms with Crippen molar-refractivity contribution in [3.8, 4) is 0 Å². The molecule has 1 aliphatic rings. The van der Waals surface area contributed by atoms with E-state index in [1.165, 1.54) is 0 Å². The summed E-state index contributed by atoms with van der Waals surface area (Å²) in [4.78, 5) is 14.5. The molecule has 8 nitrogen and oxygen atoms in total. The van der Waals surface area contributed by atoms with Gasteiger partial charge >= 0.3 is 0 Å². The third-order valence-corrected chi connectivity index (χ3v) is 3.06. The van der Waals surface area contributed by atoms with Crippen LogP contribution in [0, 0.1) is 0 Å². The van der Waals surface area contributed by atoms with Crippen LogP contribution in [0.2, 0.25) is 0 Å². The number of rotatable bonds is 4. The molecule has 1 fully saturated rings. The van der Waals surface area contributed by atoms with Crippen molar-refractivity contribution < 1.29 is 33.6 Å². The molecule has 0 aromatic carbocycles. The quantitative estimate of drug-likeness (QED) is 0.536. The van der Waals surface area contributed by atoms with Gasteiger partial charge in [-0.15, -0.1) is 0 Å². The van der Waals surface area contributed by atoms with E-state index >= 15 is 0 Å². The zero-order chi connectivity index (χ0) is 15.0. The van der Waals surface area contributed by atoms with Gasteiger partial charge in [0.15, 0.2) is 11.9 Å². The summed E-state index contributed by atoms with van der Waals surface area (Å²) in [6, 6.07) is 0. The van der Waals surface area contributed by atoms with Gasteiger partial charge in [-0.1, -0.05) is 0 Å². The number of aliphatic hydroxyl groups is 3. The number of halogens is 2. The number of alkyl halides is 2. The summed E-state index contributed by atoms with van der Waals surface area (Å²) in [5, 5.41) is 28.3. The molecular formula is C10H13F2N3O5. The van der Waals surface area contributed by atoms with Crippen molar-refractivity contribution in [1.29, 1.82) is 0 Å². The smallest absolute Gasteiger partial charge is 0.280 e. The van der Waals surface area contributed by atoms with Crippen LogP contribution in [0.5, 0.6) is 0 Å². The number of nitrogens with zero attached hydrogens (tertiary/aromatic N) is 2. The fraction of sp³-hybridized carbons (Fsp3) is 0.600. The number of nitrogens with two attached hydrogens (primary N) is 1. The van der Waals surface area contributed by atoms with Crippen molar-refractivity contribution in [2.24, 2.45) is 5.73 Å². The molecule has 0 unspecified atom stereocenters. The molecule has 1 aliphatic heterocycles. The predicted octanol–water partition coefficient (Wildman–Crippen LogP) is -1.47. The number of carbonyl (C=O) groups excluding carboxylic acids is 1. The number of ether oxygens (including phenoxy) is 1. The van der Waals surface area contributed by atoms with Crippen LogP contribution in [-0.2, 0) is 4.74 Å². The van der Waals surface area contributed by atoms with Gasteiger partial charge in [0, 0.05) is 0 Å². The molecule has 0 bridgehead atoms. The highest BCUT2D eigenvalue weighted by molar-refractivity contribution is 5.92. The minimum absolute atomic E-state index is 0.601. The molecule has 10 heteroatoms. The van der Waals surface area contributed by atoms with E-state index in [9.17, 15) is 23.8 Å². The third-order valence-electron chi connectivity index (χ3n) is 3.06. The van der Waals surface area contributed by atoms with Crippen molar-refractivity contribution in [3.63, 3.8) is 0 Å². The second kappa shape index (κ2) is 5.40. The molecule has 2 heterocycles. The lowest BCUT2D eigenvalue weighted by Gasteiger charge is -2.18. The molecule has 5 N–H and O–H groups in total. The number of aromatic nitrogens is 2. The Kier molecular flexibility index (Phi) is 3.99. The number of amides is 1. The van der Waals surface area contributed by atoms with Crippen LogP contribution in [0.25, 0.3) is 0 Å². The second-order valence-corrected chi connectivity index (χ2v) is 4.28.